The van der Waals surface area contributed by atoms with E-state index in [-0.39, 0.29) is 0 Å². The summed E-state index contributed by atoms with van der Waals surface area (Å²) in [7, 11) is 0. The number of benzene rings is 7. The summed E-state index contributed by atoms with van der Waals surface area (Å²) in [5, 5.41) is 2.00. The number of rotatable bonds is 5. The maximum Gasteiger partial charge on any atom is 0.164 e. The Hall–Kier alpha value is -6.65. The highest BCUT2D eigenvalue weighted by Gasteiger charge is 2.46. The lowest BCUT2D eigenvalue weighted by atomic mass is 9.67. The van der Waals surface area contributed by atoms with Crippen LogP contribution in [0.3, 0.4) is 0 Å². The van der Waals surface area contributed by atoms with Gasteiger partial charge >= 0.3 is 0 Å². The van der Waals surface area contributed by atoms with E-state index in [1.54, 1.807) is 0 Å². The molecular weight excluding hydrogens is 611 g/mol. The van der Waals surface area contributed by atoms with Gasteiger partial charge in [-0.3, -0.25) is 0 Å². The number of hydrogen-bond acceptors (Lipinski definition) is 4. The van der Waals surface area contributed by atoms with Crippen molar-refractivity contribution in [3.8, 4) is 45.3 Å². The van der Waals surface area contributed by atoms with E-state index in [0.717, 1.165) is 44.2 Å². The van der Waals surface area contributed by atoms with E-state index in [9.17, 15) is 0 Å². The summed E-state index contributed by atoms with van der Waals surface area (Å²) in [6.45, 7) is 0. The van der Waals surface area contributed by atoms with Crippen LogP contribution >= 0.6 is 0 Å². The molecule has 2 aromatic heterocycles. The Labute approximate surface area is 289 Å². The normalized spacial score (nSPS) is 13.0. The van der Waals surface area contributed by atoms with Gasteiger partial charge in [0.2, 0.25) is 0 Å². The minimum absolute atomic E-state index is 0.506. The lowest BCUT2D eigenvalue weighted by Gasteiger charge is -2.33. The Bertz CT molecular complexity index is 2600. The molecular formula is C46H29N3O. The number of hydrogen-bond donors (Lipinski definition) is 0. The average molecular weight is 640 g/mol. The molecule has 0 atom stereocenters. The molecule has 4 heteroatoms. The SMILES string of the molecule is c1ccc(-c2nc(-c3ccccc3)nc(-c3cccc4oc5cc(C6(c7ccccc7)c7ccccc7-c7ccccc76)ccc5c34)n2)cc1. The molecule has 0 amide bonds. The summed E-state index contributed by atoms with van der Waals surface area (Å²) in [5.74, 6) is 1.87. The molecule has 0 N–H and O–H groups in total. The van der Waals surface area contributed by atoms with Crippen molar-refractivity contribution < 1.29 is 4.42 Å². The van der Waals surface area contributed by atoms with Gasteiger partial charge in [0.25, 0.3) is 0 Å². The van der Waals surface area contributed by atoms with E-state index < -0.39 is 5.41 Å². The monoisotopic (exact) mass is 639 g/mol. The predicted molar refractivity (Wildman–Crippen MR) is 201 cm³/mol. The van der Waals surface area contributed by atoms with Gasteiger partial charge < -0.3 is 4.42 Å². The topological polar surface area (TPSA) is 51.8 Å². The molecule has 0 radical (unpaired) electrons. The second-order valence-electron chi connectivity index (χ2n) is 12.7. The Morgan fingerprint density at radius 1 is 0.380 bits per heavy atom. The third-order valence-electron chi connectivity index (χ3n) is 10.0. The fraction of sp³-hybridized carbons (Fsp3) is 0.0217. The number of aromatic nitrogens is 3. The van der Waals surface area contributed by atoms with Crippen LogP contribution in [-0.2, 0) is 5.41 Å². The molecule has 1 aliphatic rings. The summed E-state index contributed by atoms with van der Waals surface area (Å²) in [5.41, 5.74) is 11.3. The van der Waals surface area contributed by atoms with Crippen LogP contribution in [0.15, 0.2) is 180 Å². The summed E-state index contributed by atoms with van der Waals surface area (Å²) in [6.07, 6.45) is 0. The van der Waals surface area contributed by atoms with E-state index in [4.69, 9.17) is 19.4 Å². The van der Waals surface area contributed by atoms with E-state index >= 15 is 0 Å². The van der Waals surface area contributed by atoms with Crippen molar-refractivity contribution in [3.05, 3.63) is 198 Å². The molecule has 50 heavy (non-hydrogen) atoms. The molecule has 7 aromatic carbocycles. The molecule has 2 heterocycles. The molecule has 10 rings (SSSR count). The van der Waals surface area contributed by atoms with E-state index in [2.05, 4.69) is 103 Å². The Morgan fingerprint density at radius 2 is 0.900 bits per heavy atom. The lowest BCUT2D eigenvalue weighted by Crippen LogP contribution is -2.28. The Balaban J connectivity index is 1.21. The predicted octanol–water partition coefficient (Wildman–Crippen LogP) is 11.1. The molecule has 234 valence electrons. The van der Waals surface area contributed by atoms with Gasteiger partial charge in [-0.25, -0.2) is 15.0 Å². The fourth-order valence-corrected chi connectivity index (χ4v) is 7.89. The maximum absolute atomic E-state index is 6.73. The third-order valence-corrected chi connectivity index (χ3v) is 10.0. The zero-order valence-electron chi connectivity index (χ0n) is 27.0. The van der Waals surface area contributed by atoms with Gasteiger partial charge in [0.05, 0.1) is 5.41 Å². The first-order valence-corrected chi connectivity index (χ1v) is 16.9. The van der Waals surface area contributed by atoms with Crippen LogP contribution in [-0.4, -0.2) is 15.0 Å². The van der Waals surface area contributed by atoms with Crippen LogP contribution < -0.4 is 0 Å². The second kappa shape index (κ2) is 11.2. The smallest absolute Gasteiger partial charge is 0.164 e. The highest BCUT2D eigenvalue weighted by Crippen LogP contribution is 2.56. The van der Waals surface area contributed by atoms with Gasteiger partial charge in [-0.2, -0.15) is 0 Å². The molecule has 9 aromatic rings. The largest absolute Gasteiger partial charge is 0.456 e. The van der Waals surface area contributed by atoms with Gasteiger partial charge in [0.1, 0.15) is 11.2 Å². The molecule has 0 saturated heterocycles. The van der Waals surface area contributed by atoms with Crippen LogP contribution in [0.1, 0.15) is 22.3 Å². The average Bonchev–Trinajstić information content (AvgIpc) is 3.72. The van der Waals surface area contributed by atoms with Crippen molar-refractivity contribution in [3.63, 3.8) is 0 Å². The summed E-state index contributed by atoms with van der Waals surface area (Å²) in [6, 6.07) is 61.5. The van der Waals surface area contributed by atoms with Crippen molar-refractivity contribution in [1.82, 2.24) is 15.0 Å². The molecule has 1 aliphatic carbocycles. The van der Waals surface area contributed by atoms with Crippen LogP contribution in [0, 0.1) is 0 Å². The van der Waals surface area contributed by atoms with Crippen molar-refractivity contribution in [1.29, 1.82) is 0 Å². The van der Waals surface area contributed by atoms with Crippen LogP contribution in [0.2, 0.25) is 0 Å². The molecule has 0 unspecified atom stereocenters. The number of fused-ring (bicyclic) bond motifs is 6. The van der Waals surface area contributed by atoms with Crippen molar-refractivity contribution >= 4 is 21.9 Å². The summed E-state index contributed by atoms with van der Waals surface area (Å²) >= 11 is 0. The molecule has 4 nitrogen and oxygen atoms in total. The van der Waals surface area contributed by atoms with Gasteiger partial charge in [0.15, 0.2) is 17.5 Å². The Morgan fingerprint density at radius 3 is 1.52 bits per heavy atom. The maximum atomic E-state index is 6.73. The zero-order valence-corrected chi connectivity index (χ0v) is 27.0. The highest BCUT2D eigenvalue weighted by molar-refractivity contribution is 6.12. The van der Waals surface area contributed by atoms with Crippen LogP contribution in [0.4, 0.5) is 0 Å². The van der Waals surface area contributed by atoms with Crippen LogP contribution in [0.5, 0.6) is 0 Å². The third kappa shape index (κ3) is 4.22. The molecule has 0 aliphatic heterocycles. The highest BCUT2D eigenvalue weighted by atomic mass is 16.3. The summed E-state index contributed by atoms with van der Waals surface area (Å²) in [4.78, 5) is 15.0. The fourth-order valence-electron chi connectivity index (χ4n) is 7.89. The first-order valence-electron chi connectivity index (χ1n) is 16.9. The molecule has 0 saturated carbocycles. The number of nitrogens with zero attached hydrogens (tertiary/aromatic N) is 3. The second-order valence-corrected chi connectivity index (χ2v) is 12.7. The van der Waals surface area contributed by atoms with Crippen molar-refractivity contribution in [2.24, 2.45) is 0 Å². The van der Waals surface area contributed by atoms with Gasteiger partial charge in [-0.15, -0.1) is 0 Å². The lowest BCUT2D eigenvalue weighted by molar-refractivity contribution is 0.665. The zero-order chi connectivity index (χ0) is 33.1. The first kappa shape index (κ1) is 28.4. The van der Waals surface area contributed by atoms with E-state index in [0.29, 0.717) is 17.5 Å². The minimum Gasteiger partial charge on any atom is -0.456 e. The number of furan rings is 1. The van der Waals surface area contributed by atoms with E-state index in [1.165, 1.54) is 27.8 Å². The summed E-state index contributed by atoms with van der Waals surface area (Å²) < 4.78 is 6.73. The quantitative estimate of drug-likeness (QED) is 0.188. The first-order chi connectivity index (χ1) is 24.8. The molecule has 0 spiro atoms. The standard InChI is InChI=1S/C46H29N3O/c1-4-15-30(16-5-1)43-47-44(31-17-6-2-7-18-31)49-45(48-43)37-23-14-26-40-42(37)36-28-27-33(29-41(36)50-40)46(32-19-8-3-9-20-32)38-24-12-10-21-34(38)35-22-11-13-25-39(35)46/h1-29H. The molecule has 0 fully saturated rings. The van der Waals surface area contributed by atoms with Crippen LogP contribution in [0.25, 0.3) is 67.2 Å². The van der Waals surface area contributed by atoms with Gasteiger partial charge in [0, 0.05) is 27.5 Å². The minimum atomic E-state index is -0.506. The van der Waals surface area contributed by atoms with Gasteiger partial charge in [-0.1, -0.05) is 164 Å². The van der Waals surface area contributed by atoms with Gasteiger partial charge in [-0.05, 0) is 45.5 Å². The molecule has 0 bridgehead atoms. The van der Waals surface area contributed by atoms with Crippen molar-refractivity contribution in [2.45, 2.75) is 5.41 Å². The van der Waals surface area contributed by atoms with E-state index in [1.807, 2.05) is 72.8 Å². The Kier molecular flexibility index (Phi) is 6.36. The van der Waals surface area contributed by atoms with Crippen molar-refractivity contribution in [2.75, 3.05) is 0 Å².